The van der Waals surface area contributed by atoms with Gasteiger partial charge in [-0.1, -0.05) is 24.3 Å². The molecule has 4 aromatic rings. The first-order chi connectivity index (χ1) is 13.4. The number of carboxylic acid groups (broad SMARTS) is 1. The number of halogens is 1. The number of carboxylic acids is 1. The zero-order valence-electron chi connectivity index (χ0n) is 14.5. The average Bonchev–Trinajstić information content (AvgIpc) is 3.28. The number of thiazole rings is 1. The Balaban J connectivity index is 1.69. The number of aromatic nitrogens is 1. The highest BCUT2D eigenvalue weighted by Crippen LogP contribution is 2.37. The number of fused-ring (bicyclic) bond motifs is 1. The first-order valence-electron chi connectivity index (χ1n) is 8.22. The van der Waals surface area contributed by atoms with Crippen LogP contribution < -0.4 is 5.32 Å². The molecule has 2 aromatic heterocycles. The molecule has 0 unspecified atom stereocenters. The highest BCUT2D eigenvalue weighted by molar-refractivity contribution is 7.20. The predicted octanol–water partition coefficient (Wildman–Crippen LogP) is 5.42. The molecule has 0 spiro atoms. The van der Waals surface area contributed by atoms with E-state index >= 15 is 0 Å². The molecule has 0 aliphatic carbocycles. The molecule has 0 aliphatic rings. The van der Waals surface area contributed by atoms with E-state index in [0.29, 0.717) is 21.5 Å². The van der Waals surface area contributed by atoms with Gasteiger partial charge in [-0.25, -0.2) is 14.2 Å². The van der Waals surface area contributed by atoms with Crippen molar-refractivity contribution < 1.29 is 19.1 Å². The molecule has 8 heteroatoms. The first kappa shape index (κ1) is 18.3. The van der Waals surface area contributed by atoms with Crippen molar-refractivity contribution >= 4 is 50.5 Å². The van der Waals surface area contributed by atoms with Crippen LogP contribution in [0.15, 0.2) is 47.8 Å². The molecule has 4 rings (SSSR count). The van der Waals surface area contributed by atoms with Crippen molar-refractivity contribution in [2.24, 2.45) is 0 Å². The second kappa shape index (κ2) is 7.14. The number of anilines is 1. The molecule has 2 aromatic carbocycles. The molecule has 2 N–H and O–H groups in total. The summed E-state index contributed by atoms with van der Waals surface area (Å²) in [6, 6.07) is 11.9. The van der Waals surface area contributed by atoms with Gasteiger partial charge in [0.15, 0.2) is 5.01 Å². The van der Waals surface area contributed by atoms with Gasteiger partial charge in [0.25, 0.3) is 5.91 Å². The number of aromatic carboxylic acids is 1. The van der Waals surface area contributed by atoms with Crippen LogP contribution in [0.2, 0.25) is 0 Å². The summed E-state index contributed by atoms with van der Waals surface area (Å²) in [4.78, 5) is 29.1. The first-order valence-corrected chi connectivity index (χ1v) is 9.92. The number of nitrogens with one attached hydrogen (secondary N) is 1. The topological polar surface area (TPSA) is 79.3 Å². The summed E-state index contributed by atoms with van der Waals surface area (Å²) in [5, 5.41) is 14.1. The van der Waals surface area contributed by atoms with Gasteiger partial charge >= 0.3 is 5.97 Å². The number of aryl methyl sites for hydroxylation is 1. The van der Waals surface area contributed by atoms with Crippen LogP contribution in [0.25, 0.3) is 20.7 Å². The molecule has 0 fully saturated rings. The number of para-hydroxylation sites is 1. The quantitative estimate of drug-likeness (QED) is 0.469. The fourth-order valence-corrected chi connectivity index (χ4v) is 4.61. The minimum Gasteiger partial charge on any atom is -0.478 e. The van der Waals surface area contributed by atoms with E-state index in [-0.39, 0.29) is 16.3 Å². The van der Waals surface area contributed by atoms with Crippen molar-refractivity contribution in [3.8, 4) is 10.4 Å². The van der Waals surface area contributed by atoms with Gasteiger partial charge in [0.05, 0.1) is 20.8 Å². The van der Waals surface area contributed by atoms with Gasteiger partial charge in [0, 0.05) is 5.38 Å². The van der Waals surface area contributed by atoms with Gasteiger partial charge in [-0.05, 0) is 36.2 Å². The summed E-state index contributed by atoms with van der Waals surface area (Å²) in [5.41, 5.74) is 1.73. The standard InChI is InChI=1S/C20H13FN2O3S2/c1-10-6-7-11(8-12(10)21)17-16(20(25)26)14(9-27-17)22-18(24)19-23-13-4-2-3-5-15(13)28-19/h2-9H,1H3,(H,22,24)(H,25,26). The molecule has 5 nitrogen and oxygen atoms in total. The lowest BCUT2D eigenvalue weighted by molar-refractivity contribution is 0.0699. The Morgan fingerprint density at radius 1 is 1.18 bits per heavy atom. The van der Waals surface area contributed by atoms with Crippen molar-refractivity contribution in [2.75, 3.05) is 5.32 Å². The molecule has 1 amide bonds. The minimum absolute atomic E-state index is 0.0669. The van der Waals surface area contributed by atoms with E-state index in [1.54, 1.807) is 30.5 Å². The molecule has 0 saturated carbocycles. The second-order valence-corrected chi connectivity index (χ2v) is 7.97. The van der Waals surface area contributed by atoms with E-state index in [4.69, 9.17) is 0 Å². The van der Waals surface area contributed by atoms with Crippen LogP contribution >= 0.6 is 22.7 Å². The molecule has 0 bridgehead atoms. The number of benzene rings is 2. The fraction of sp³-hybridized carbons (Fsp3) is 0.0500. The van der Waals surface area contributed by atoms with E-state index in [0.717, 1.165) is 16.0 Å². The largest absolute Gasteiger partial charge is 0.478 e. The summed E-state index contributed by atoms with van der Waals surface area (Å²) in [7, 11) is 0. The maximum Gasteiger partial charge on any atom is 0.339 e. The Morgan fingerprint density at radius 3 is 2.68 bits per heavy atom. The molecule has 0 aliphatic heterocycles. The maximum atomic E-state index is 13.9. The van der Waals surface area contributed by atoms with Crippen LogP contribution in [0, 0.1) is 12.7 Å². The minimum atomic E-state index is -1.20. The van der Waals surface area contributed by atoms with E-state index in [1.807, 2.05) is 18.2 Å². The highest BCUT2D eigenvalue weighted by atomic mass is 32.1. The van der Waals surface area contributed by atoms with Gasteiger partial charge in [-0.2, -0.15) is 0 Å². The van der Waals surface area contributed by atoms with Crippen molar-refractivity contribution in [1.29, 1.82) is 0 Å². The predicted molar refractivity (Wildman–Crippen MR) is 109 cm³/mol. The van der Waals surface area contributed by atoms with Crippen LogP contribution in [-0.4, -0.2) is 22.0 Å². The van der Waals surface area contributed by atoms with Crippen molar-refractivity contribution in [1.82, 2.24) is 4.98 Å². The number of carbonyl (C=O) groups excluding carboxylic acids is 1. The van der Waals surface area contributed by atoms with Crippen LogP contribution in [0.3, 0.4) is 0 Å². The summed E-state index contributed by atoms with van der Waals surface area (Å²) >= 11 is 2.36. The molecular formula is C20H13FN2O3S2. The number of hydrogen-bond donors (Lipinski definition) is 2. The Morgan fingerprint density at radius 2 is 1.96 bits per heavy atom. The molecule has 0 atom stereocenters. The summed E-state index contributed by atoms with van der Waals surface area (Å²) in [6.45, 7) is 1.63. The van der Waals surface area contributed by atoms with Crippen LogP contribution in [0.1, 0.15) is 25.7 Å². The van der Waals surface area contributed by atoms with Crippen LogP contribution in [-0.2, 0) is 0 Å². The number of thiophene rings is 1. The van der Waals surface area contributed by atoms with Gasteiger partial charge in [-0.15, -0.1) is 22.7 Å². The van der Waals surface area contributed by atoms with Crippen molar-refractivity contribution in [3.63, 3.8) is 0 Å². The Bertz CT molecular complexity index is 1200. The molecule has 2 heterocycles. The van der Waals surface area contributed by atoms with E-state index in [9.17, 15) is 19.1 Å². The number of rotatable bonds is 4. The van der Waals surface area contributed by atoms with E-state index in [2.05, 4.69) is 10.3 Å². The smallest absolute Gasteiger partial charge is 0.339 e. The SMILES string of the molecule is Cc1ccc(-c2scc(NC(=O)c3nc4ccccc4s3)c2C(=O)O)cc1F. The lowest BCUT2D eigenvalue weighted by Gasteiger charge is -2.06. The monoisotopic (exact) mass is 412 g/mol. The summed E-state index contributed by atoms with van der Waals surface area (Å²) < 4.78 is 14.8. The highest BCUT2D eigenvalue weighted by Gasteiger charge is 2.23. The third-order valence-corrected chi connectivity index (χ3v) is 6.24. The normalized spacial score (nSPS) is 10.9. The Labute approximate surface area is 167 Å². The third-order valence-electron chi connectivity index (χ3n) is 4.18. The summed E-state index contributed by atoms with van der Waals surface area (Å²) in [6.07, 6.45) is 0. The van der Waals surface area contributed by atoms with E-state index < -0.39 is 17.7 Å². The average molecular weight is 412 g/mol. The Hall–Kier alpha value is -3.10. The molecule has 0 saturated heterocycles. The third kappa shape index (κ3) is 3.28. The van der Waals surface area contributed by atoms with Crippen molar-refractivity contribution in [3.05, 3.63) is 69.8 Å². The van der Waals surface area contributed by atoms with Gasteiger partial charge in [0.2, 0.25) is 0 Å². The molecule has 0 radical (unpaired) electrons. The van der Waals surface area contributed by atoms with Gasteiger partial charge in [0.1, 0.15) is 11.4 Å². The lowest BCUT2D eigenvalue weighted by atomic mass is 10.1. The second-order valence-electron chi connectivity index (χ2n) is 6.06. The van der Waals surface area contributed by atoms with Crippen molar-refractivity contribution in [2.45, 2.75) is 6.92 Å². The molecule has 28 heavy (non-hydrogen) atoms. The zero-order chi connectivity index (χ0) is 19.8. The van der Waals surface area contributed by atoms with Crippen LogP contribution in [0.4, 0.5) is 10.1 Å². The molecular weight excluding hydrogens is 399 g/mol. The number of carbonyl (C=O) groups is 2. The maximum absolute atomic E-state index is 13.9. The van der Waals surface area contributed by atoms with Gasteiger partial charge < -0.3 is 10.4 Å². The number of amides is 1. The zero-order valence-corrected chi connectivity index (χ0v) is 16.2. The van der Waals surface area contributed by atoms with E-state index in [1.165, 1.54) is 17.4 Å². The van der Waals surface area contributed by atoms with Crippen LogP contribution in [0.5, 0.6) is 0 Å². The molecule has 140 valence electrons. The number of hydrogen-bond acceptors (Lipinski definition) is 5. The van der Waals surface area contributed by atoms with Gasteiger partial charge in [-0.3, -0.25) is 4.79 Å². The number of nitrogens with zero attached hydrogens (tertiary/aromatic N) is 1. The fourth-order valence-electron chi connectivity index (χ4n) is 2.75. The lowest BCUT2D eigenvalue weighted by Crippen LogP contribution is -2.13. The summed E-state index contributed by atoms with van der Waals surface area (Å²) in [5.74, 6) is -2.10. The Kier molecular flexibility index (Phi) is 4.66.